The number of non-ortho nitro benzene ring substituents is 1. The lowest BCUT2D eigenvalue weighted by atomic mass is 10.2. The van der Waals surface area contributed by atoms with E-state index in [9.17, 15) is 14.9 Å². The molecule has 21 heavy (non-hydrogen) atoms. The van der Waals surface area contributed by atoms with Gasteiger partial charge in [-0.2, -0.15) is 0 Å². The molecule has 0 amide bonds. The fraction of sp³-hybridized carbons (Fsp3) is 0.133. The lowest BCUT2D eigenvalue weighted by Gasteiger charge is -2.06. The van der Waals surface area contributed by atoms with Crippen molar-refractivity contribution in [2.24, 2.45) is 0 Å². The summed E-state index contributed by atoms with van der Waals surface area (Å²) >= 11 is 1.42. The molecule has 2 rings (SSSR count). The molecule has 6 heteroatoms. The maximum Gasteiger partial charge on any atom is 0.307 e. The van der Waals surface area contributed by atoms with Gasteiger partial charge in [-0.15, -0.1) is 0 Å². The zero-order chi connectivity index (χ0) is 15.4. The predicted molar refractivity (Wildman–Crippen MR) is 79.7 cm³/mol. The monoisotopic (exact) mass is 303 g/mol. The first-order chi connectivity index (χ1) is 9.95. The number of rotatable bonds is 5. The van der Waals surface area contributed by atoms with E-state index in [0.717, 1.165) is 20.9 Å². The summed E-state index contributed by atoms with van der Waals surface area (Å²) in [6.45, 7) is 1.89. The van der Waals surface area contributed by atoms with Gasteiger partial charge in [0, 0.05) is 21.9 Å². The van der Waals surface area contributed by atoms with Crippen molar-refractivity contribution in [3.05, 3.63) is 63.7 Å². The third-order valence-electron chi connectivity index (χ3n) is 2.89. The molecule has 0 unspecified atom stereocenters. The van der Waals surface area contributed by atoms with Crippen LogP contribution in [0.3, 0.4) is 0 Å². The second kappa shape index (κ2) is 6.41. The van der Waals surface area contributed by atoms with Crippen molar-refractivity contribution in [1.29, 1.82) is 0 Å². The van der Waals surface area contributed by atoms with Crippen molar-refractivity contribution in [3.8, 4) is 0 Å². The van der Waals surface area contributed by atoms with Crippen LogP contribution in [-0.4, -0.2) is 16.0 Å². The molecule has 5 nitrogen and oxygen atoms in total. The minimum Gasteiger partial charge on any atom is -0.481 e. The number of aryl methyl sites for hydroxylation is 1. The molecule has 2 aromatic carbocycles. The van der Waals surface area contributed by atoms with Gasteiger partial charge in [-0.1, -0.05) is 30.0 Å². The number of carboxylic acid groups (broad SMARTS) is 1. The first kappa shape index (κ1) is 15.1. The molecule has 0 aliphatic rings. The van der Waals surface area contributed by atoms with E-state index in [-0.39, 0.29) is 12.1 Å². The molecule has 0 atom stereocenters. The Kier molecular flexibility index (Phi) is 4.59. The van der Waals surface area contributed by atoms with Crippen LogP contribution in [0, 0.1) is 17.0 Å². The number of aliphatic carboxylic acids is 1. The number of hydrogen-bond acceptors (Lipinski definition) is 4. The van der Waals surface area contributed by atoms with E-state index in [1.807, 2.05) is 19.1 Å². The first-order valence-electron chi connectivity index (χ1n) is 6.19. The van der Waals surface area contributed by atoms with E-state index < -0.39 is 10.9 Å². The Labute approximate surface area is 125 Å². The summed E-state index contributed by atoms with van der Waals surface area (Å²) in [5.41, 5.74) is 1.74. The molecule has 2 aromatic rings. The van der Waals surface area contributed by atoms with Gasteiger partial charge >= 0.3 is 5.97 Å². The summed E-state index contributed by atoms with van der Waals surface area (Å²) < 4.78 is 0. The van der Waals surface area contributed by atoms with Crippen LogP contribution >= 0.6 is 11.8 Å². The van der Waals surface area contributed by atoms with Crippen LogP contribution in [0.25, 0.3) is 0 Å². The molecular weight excluding hydrogens is 290 g/mol. The molecule has 0 spiro atoms. The molecule has 0 saturated heterocycles. The molecule has 0 saturated carbocycles. The number of carbonyl (C=O) groups is 1. The molecule has 1 N–H and O–H groups in total. The van der Waals surface area contributed by atoms with Gasteiger partial charge in [0.15, 0.2) is 0 Å². The number of nitro benzene ring substituents is 1. The van der Waals surface area contributed by atoms with Crippen LogP contribution in [0.15, 0.2) is 52.3 Å². The minimum absolute atomic E-state index is 0.0131. The lowest BCUT2D eigenvalue weighted by Crippen LogP contribution is -1.99. The van der Waals surface area contributed by atoms with E-state index in [4.69, 9.17) is 5.11 Å². The number of benzene rings is 2. The standard InChI is InChI=1S/C15H13NO4S/c1-10-2-5-12(16(19)20)9-14(10)21-13-6-3-11(4-7-13)8-15(17)18/h2-7,9H,8H2,1H3,(H,17,18). The van der Waals surface area contributed by atoms with Crippen LogP contribution < -0.4 is 0 Å². The third-order valence-corrected chi connectivity index (χ3v) is 4.06. The van der Waals surface area contributed by atoms with Gasteiger partial charge in [0.05, 0.1) is 11.3 Å². The molecule has 0 aromatic heterocycles. The Balaban J connectivity index is 2.19. The van der Waals surface area contributed by atoms with Crippen molar-refractivity contribution < 1.29 is 14.8 Å². The maximum absolute atomic E-state index is 10.8. The van der Waals surface area contributed by atoms with Crippen molar-refractivity contribution >= 4 is 23.4 Å². The highest BCUT2D eigenvalue weighted by molar-refractivity contribution is 7.99. The summed E-state index contributed by atoms with van der Waals surface area (Å²) in [6, 6.07) is 11.9. The molecule has 0 aliphatic carbocycles. The normalized spacial score (nSPS) is 10.3. The highest BCUT2D eigenvalue weighted by Gasteiger charge is 2.10. The van der Waals surface area contributed by atoms with E-state index in [2.05, 4.69) is 0 Å². The first-order valence-corrected chi connectivity index (χ1v) is 7.01. The maximum atomic E-state index is 10.8. The second-order valence-electron chi connectivity index (χ2n) is 4.52. The van der Waals surface area contributed by atoms with Gasteiger partial charge < -0.3 is 5.11 Å². The van der Waals surface area contributed by atoms with Gasteiger partial charge in [-0.05, 0) is 30.2 Å². The Hall–Kier alpha value is -2.34. The molecule has 108 valence electrons. The second-order valence-corrected chi connectivity index (χ2v) is 5.64. The van der Waals surface area contributed by atoms with E-state index in [1.54, 1.807) is 24.3 Å². The average Bonchev–Trinajstić information content (AvgIpc) is 2.42. The van der Waals surface area contributed by atoms with Crippen LogP contribution in [-0.2, 0) is 11.2 Å². The molecule has 0 aliphatic heterocycles. The zero-order valence-electron chi connectivity index (χ0n) is 11.3. The minimum atomic E-state index is -0.870. The summed E-state index contributed by atoms with van der Waals surface area (Å²) in [5, 5.41) is 19.5. The molecule has 0 radical (unpaired) electrons. The van der Waals surface area contributed by atoms with E-state index >= 15 is 0 Å². The van der Waals surface area contributed by atoms with Crippen LogP contribution in [0.5, 0.6) is 0 Å². The number of carboxylic acids is 1. The Morgan fingerprint density at radius 3 is 2.48 bits per heavy atom. The molecular formula is C15H13NO4S. The van der Waals surface area contributed by atoms with Crippen molar-refractivity contribution in [2.75, 3.05) is 0 Å². The van der Waals surface area contributed by atoms with Crippen molar-refractivity contribution in [2.45, 2.75) is 23.1 Å². The lowest BCUT2D eigenvalue weighted by molar-refractivity contribution is -0.385. The van der Waals surface area contributed by atoms with Gasteiger partial charge in [0.2, 0.25) is 0 Å². The molecule has 0 fully saturated rings. The van der Waals surface area contributed by atoms with Gasteiger partial charge in [-0.25, -0.2) is 0 Å². The van der Waals surface area contributed by atoms with E-state index in [1.165, 1.54) is 17.8 Å². The van der Waals surface area contributed by atoms with Gasteiger partial charge in [-0.3, -0.25) is 14.9 Å². The summed E-state index contributed by atoms with van der Waals surface area (Å²) in [5.74, 6) is -0.870. The summed E-state index contributed by atoms with van der Waals surface area (Å²) in [4.78, 5) is 22.7. The Bertz CT molecular complexity index is 683. The number of hydrogen-bond donors (Lipinski definition) is 1. The fourth-order valence-corrected chi connectivity index (χ4v) is 2.72. The highest BCUT2D eigenvalue weighted by atomic mass is 32.2. The largest absolute Gasteiger partial charge is 0.481 e. The van der Waals surface area contributed by atoms with Crippen LogP contribution in [0.1, 0.15) is 11.1 Å². The quantitative estimate of drug-likeness (QED) is 0.673. The zero-order valence-corrected chi connectivity index (χ0v) is 12.1. The fourth-order valence-electron chi connectivity index (χ4n) is 1.79. The average molecular weight is 303 g/mol. The molecule has 0 bridgehead atoms. The van der Waals surface area contributed by atoms with Crippen LogP contribution in [0.4, 0.5) is 5.69 Å². The number of nitro groups is 1. The Morgan fingerprint density at radius 1 is 1.24 bits per heavy atom. The Morgan fingerprint density at radius 2 is 1.90 bits per heavy atom. The SMILES string of the molecule is Cc1ccc([N+](=O)[O-])cc1Sc1ccc(CC(=O)O)cc1. The summed E-state index contributed by atoms with van der Waals surface area (Å²) in [7, 11) is 0. The van der Waals surface area contributed by atoms with Gasteiger partial charge in [0.1, 0.15) is 0 Å². The number of nitrogens with zero attached hydrogens (tertiary/aromatic N) is 1. The third kappa shape index (κ3) is 4.06. The topological polar surface area (TPSA) is 80.4 Å². The van der Waals surface area contributed by atoms with E-state index in [0.29, 0.717) is 0 Å². The molecule has 0 heterocycles. The highest BCUT2D eigenvalue weighted by Crippen LogP contribution is 2.32. The summed E-state index contributed by atoms with van der Waals surface area (Å²) in [6.07, 6.45) is -0.0131. The van der Waals surface area contributed by atoms with Crippen molar-refractivity contribution in [1.82, 2.24) is 0 Å². The smallest absolute Gasteiger partial charge is 0.307 e. The van der Waals surface area contributed by atoms with Crippen molar-refractivity contribution in [3.63, 3.8) is 0 Å². The van der Waals surface area contributed by atoms with Gasteiger partial charge in [0.25, 0.3) is 5.69 Å². The predicted octanol–water partition coefficient (Wildman–Crippen LogP) is 3.68. The van der Waals surface area contributed by atoms with Crippen LogP contribution in [0.2, 0.25) is 0 Å².